The van der Waals surface area contributed by atoms with Gasteiger partial charge in [0.15, 0.2) is 5.76 Å². The van der Waals surface area contributed by atoms with Crippen molar-refractivity contribution in [1.82, 2.24) is 5.16 Å². The average Bonchev–Trinajstić information content (AvgIpc) is 3.62. The zero-order chi connectivity index (χ0) is 26.1. The van der Waals surface area contributed by atoms with E-state index in [0.29, 0.717) is 0 Å². The molecule has 1 aliphatic rings. The van der Waals surface area contributed by atoms with E-state index in [2.05, 4.69) is 101 Å². The summed E-state index contributed by atoms with van der Waals surface area (Å²) in [5, 5.41) is 19.5. The number of benzene rings is 4. The molecule has 0 spiro atoms. The topological polar surface area (TPSA) is 75.4 Å². The van der Waals surface area contributed by atoms with Gasteiger partial charge in [-0.2, -0.15) is 0 Å². The summed E-state index contributed by atoms with van der Waals surface area (Å²) < 4.78 is 5.72. The van der Waals surface area contributed by atoms with Crippen molar-refractivity contribution >= 4 is 22.4 Å². The molecular weight excluding hydrogens is 472 g/mol. The first-order valence-corrected chi connectivity index (χ1v) is 13.1. The highest BCUT2D eigenvalue weighted by molar-refractivity contribution is 5.83. The van der Waals surface area contributed by atoms with Gasteiger partial charge in [-0.1, -0.05) is 96.2 Å². The number of hydrogen-bond acceptors (Lipinski definition) is 4. The summed E-state index contributed by atoms with van der Waals surface area (Å²) in [4.78, 5) is 11.2. The summed E-state index contributed by atoms with van der Waals surface area (Å²) in [5.41, 5.74) is 7.19. The largest absolute Gasteiger partial charge is 0.481 e. The molecule has 1 fully saturated rings. The predicted molar refractivity (Wildman–Crippen MR) is 151 cm³/mol. The molecule has 6 rings (SSSR count). The van der Waals surface area contributed by atoms with E-state index in [4.69, 9.17) is 4.52 Å². The fourth-order valence-electron chi connectivity index (χ4n) is 5.34. The molecule has 5 aromatic rings. The maximum absolute atomic E-state index is 11.2. The smallest absolute Gasteiger partial charge is 0.304 e. The van der Waals surface area contributed by atoms with Crippen LogP contribution in [0.25, 0.3) is 33.2 Å². The Hall–Kier alpha value is -4.38. The number of aryl methyl sites for hydroxylation is 1. The van der Waals surface area contributed by atoms with Gasteiger partial charge in [0, 0.05) is 17.5 Å². The summed E-state index contributed by atoms with van der Waals surface area (Å²) in [7, 11) is 0. The second-order valence-electron chi connectivity index (χ2n) is 10.3. The van der Waals surface area contributed by atoms with Crippen LogP contribution in [-0.4, -0.2) is 22.8 Å². The predicted octanol–water partition coefficient (Wildman–Crippen LogP) is 7.63. The van der Waals surface area contributed by atoms with E-state index >= 15 is 0 Å². The lowest BCUT2D eigenvalue weighted by molar-refractivity contribution is -0.137. The first-order chi connectivity index (χ1) is 18.5. The molecule has 0 bridgehead atoms. The molecule has 0 atom stereocenters. The van der Waals surface area contributed by atoms with Crippen LogP contribution in [-0.2, 0) is 16.6 Å². The van der Waals surface area contributed by atoms with Crippen LogP contribution in [0.3, 0.4) is 0 Å². The first kappa shape index (κ1) is 24.0. The van der Waals surface area contributed by atoms with Crippen LogP contribution in [0.15, 0.2) is 95.5 Å². The number of fused-ring (bicyclic) bond motifs is 1. The van der Waals surface area contributed by atoms with Crippen LogP contribution >= 0.6 is 0 Å². The number of nitrogens with zero attached hydrogens (tertiary/aromatic N) is 1. The molecule has 0 radical (unpaired) electrons. The monoisotopic (exact) mass is 502 g/mol. The molecule has 0 unspecified atom stereocenters. The number of aromatic nitrogens is 1. The molecule has 2 N–H and O–H groups in total. The Kier molecular flexibility index (Phi) is 6.20. The minimum Gasteiger partial charge on any atom is -0.481 e. The van der Waals surface area contributed by atoms with E-state index < -0.39 is 5.97 Å². The van der Waals surface area contributed by atoms with Gasteiger partial charge in [-0.25, -0.2) is 0 Å². The molecule has 1 heterocycles. The van der Waals surface area contributed by atoms with Gasteiger partial charge in [-0.15, -0.1) is 0 Å². The van der Waals surface area contributed by atoms with Crippen molar-refractivity contribution in [2.75, 3.05) is 11.9 Å². The molecular formula is C33H30N2O3. The van der Waals surface area contributed by atoms with Gasteiger partial charge in [0.05, 0.1) is 6.42 Å². The Morgan fingerprint density at radius 1 is 0.895 bits per heavy atom. The lowest BCUT2D eigenvalue weighted by Crippen LogP contribution is -2.12. The third-order valence-corrected chi connectivity index (χ3v) is 7.71. The van der Waals surface area contributed by atoms with Crippen molar-refractivity contribution in [3.63, 3.8) is 0 Å². The molecule has 0 amide bonds. The van der Waals surface area contributed by atoms with Gasteiger partial charge in [-0.05, 0) is 59.2 Å². The van der Waals surface area contributed by atoms with Crippen LogP contribution in [0.1, 0.15) is 36.1 Å². The molecule has 0 aliphatic heterocycles. The number of rotatable bonds is 9. The molecule has 1 aliphatic carbocycles. The summed E-state index contributed by atoms with van der Waals surface area (Å²) in [5.74, 6) is 0.0135. The van der Waals surface area contributed by atoms with Gasteiger partial charge in [0.2, 0.25) is 0 Å². The number of carboxylic acids is 1. The lowest BCUT2D eigenvalue weighted by Gasteiger charge is -2.14. The van der Waals surface area contributed by atoms with Crippen molar-refractivity contribution in [3.8, 4) is 22.5 Å². The standard InChI is InChI=1S/C33H30N2O3/c1-22-31(34-19-16-23-6-7-24-4-2-3-5-28(24)20-23)32(38-35-22)27-10-8-25(9-11-27)26-12-14-29(15-13-26)33(17-18-33)21-30(36)37/h2-15,20,34H,16-19,21H2,1H3,(H,36,37). The van der Waals surface area contributed by atoms with Gasteiger partial charge in [-0.3, -0.25) is 4.79 Å². The Labute approximate surface area is 222 Å². The van der Waals surface area contributed by atoms with Crippen LogP contribution < -0.4 is 5.32 Å². The van der Waals surface area contributed by atoms with Gasteiger partial charge in [0.25, 0.3) is 0 Å². The van der Waals surface area contributed by atoms with Crippen molar-refractivity contribution in [1.29, 1.82) is 0 Å². The molecule has 1 saturated carbocycles. The highest BCUT2D eigenvalue weighted by Crippen LogP contribution is 2.51. The van der Waals surface area contributed by atoms with Crippen molar-refractivity contribution in [2.24, 2.45) is 0 Å². The molecule has 4 aromatic carbocycles. The van der Waals surface area contributed by atoms with E-state index in [1.54, 1.807) is 0 Å². The van der Waals surface area contributed by atoms with Gasteiger partial charge in [0.1, 0.15) is 11.4 Å². The minimum atomic E-state index is -0.729. The lowest BCUT2D eigenvalue weighted by atomic mass is 9.91. The van der Waals surface area contributed by atoms with Crippen molar-refractivity contribution in [2.45, 2.75) is 38.0 Å². The number of aliphatic carboxylic acids is 1. The Balaban J connectivity index is 1.14. The number of anilines is 1. The quantitative estimate of drug-likeness (QED) is 0.217. The zero-order valence-corrected chi connectivity index (χ0v) is 21.4. The Morgan fingerprint density at radius 3 is 2.24 bits per heavy atom. The SMILES string of the molecule is Cc1noc(-c2ccc(-c3ccc(C4(CC(=O)O)CC4)cc3)cc2)c1NCCc1ccc2ccccc2c1. The van der Waals surface area contributed by atoms with E-state index in [-0.39, 0.29) is 11.8 Å². The second-order valence-corrected chi connectivity index (χ2v) is 10.3. The number of carboxylic acid groups (broad SMARTS) is 1. The number of nitrogens with one attached hydrogen (secondary N) is 1. The van der Waals surface area contributed by atoms with E-state index in [1.165, 1.54) is 16.3 Å². The maximum atomic E-state index is 11.2. The van der Waals surface area contributed by atoms with E-state index in [0.717, 1.165) is 65.2 Å². The fourth-order valence-corrected chi connectivity index (χ4v) is 5.34. The highest BCUT2D eigenvalue weighted by Gasteiger charge is 2.45. The van der Waals surface area contributed by atoms with Gasteiger partial charge >= 0.3 is 5.97 Å². The fraction of sp³-hybridized carbons (Fsp3) is 0.212. The van der Waals surface area contributed by atoms with Crippen molar-refractivity contribution in [3.05, 3.63) is 108 Å². The molecule has 38 heavy (non-hydrogen) atoms. The third-order valence-electron chi connectivity index (χ3n) is 7.71. The molecule has 5 heteroatoms. The van der Waals surface area contributed by atoms with Crippen LogP contribution in [0, 0.1) is 6.92 Å². The Morgan fingerprint density at radius 2 is 1.55 bits per heavy atom. The van der Waals surface area contributed by atoms with E-state index in [9.17, 15) is 9.90 Å². The normalized spacial score (nSPS) is 13.9. The molecule has 1 aromatic heterocycles. The molecule has 5 nitrogen and oxygen atoms in total. The van der Waals surface area contributed by atoms with Crippen molar-refractivity contribution < 1.29 is 14.4 Å². The van der Waals surface area contributed by atoms with Crippen LogP contribution in [0.5, 0.6) is 0 Å². The second kappa shape index (κ2) is 9.82. The third kappa shape index (κ3) is 4.80. The molecule has 0 saturated heterocycles. The zero-order valence-electron chi connectivity index (χ0n) is 21.4. The number of hydrogen-bond donors (Lipinski definition) is 2. The van der Waals surface area contributed by atoms with Gasteiger partial charge < -0.3 is 14.9 Å². The number of carbonyl (C=O) groups is 1. The average molecular weight is 503 g/mol. The summed E-state index contributed by atoms with van der Waals surface area (Å²) >= 11 is 0. The first-order valence-electron chi connectivity index (χ1n) is 13.1. The van der Waals surface area contributed by atoms with Crippen LogP contribution in [0.4, 0.5) is 5.69 Å². The van der Waals surface area contributed by atoms with Crippen LogP contribution in [0.2, 0.25) is 0 Å². The van der Waals surface area contributed by atoms with E-state index in [1.807, 2.05) is 6.92 Å². The summed E-state index contributed by atoms with van der Waals surface area (Å²) in [6.45, 7) is 2.74. The highest BCUT2D eigenvalue weighted by atomic mass is 16.5. The Bertz CT molecular complexity index is 1600. The molecule has 190 valence electrons. The maximum Gasteiger partial charge on any atom is 0.304 e. The minimum absolute atomic E-state index is 0.171. The summed E-state index contributed by atoms with van der Waals surface area (Å²) in [6, 6.07) is 31.7. The summed E-state index contributed by atoms with van der Waals surface area (Å²) in [6.07, 6.45) is 3.00.